The van der Waals surface area contributed by atoms with Gasteiger partial charge in [0.25, 0.3) is 0 Å². The largest absolute Gasteiger partial charge is 0.504 e. The van der Waals surface area contributed by atoms with Crippen LogP contribution in [0, 0.1) is 0 Å². The number of ether oxygens (including phenoxy) is 1. The summed E-state index contributed by atoms with van der Waals surface area (Å²) < 4.78 is 5.39. The van der Waals surface area contributed by atoms with Gasteiger partial charge in [-0.3, -0.25) is 0 Å². The molecule has 1 aromatic heterocycles. The highest BCUT2D eigenvalue weighted by atomic mass is 16.6. The lowest BCUT2D eigenvalue weighted by Crippen LogP contribution is -2.54. The van der Waals surface area contributed by atoms with Crippen LogP contribution in [0.4, 0.5) is 10.6 Å². The summed E-state index contributed by atoms with van der Waals surface area (Å²) in [6, 6.07) is 3.38. The molecule has 1 unspecified atom stereocenters. The van der Waals surface area contributed by atoms with E-state index in [4.69, 9.17) is 4.74 Å². The number of carbonyl (C=O) groups excluding carboxylic acids is 1. The number of hydrogen-bond acceptors (Lipinski definition) is 5. The molecule has 1 aromatic rings. The van der Waals surface area contributed by atoms with Crippen LogP contribution in [-0.4, -0.2) is 52.4 Å². The SMILES string of the molecule is CC1CN(C(=O)OC(C)(C)C)CCN1c1ncccc1O. The number of hydrogen-bond donors (Lipinski definition) is 1. The molecule has 2 rings (SSSR count). The van der Waals surface area contributed by atoms with Gasteiger partial charge in [-0.25, -0.2) is 9.78 Å². The number of aromatic hydroxyl groups is 1. The van der Waals surface area contributed by atoms with Gasteiger partial charge in [0.1, 0.15) is 5.60 Å². The van der Waals surface area contributed by atoms with Crippen molar-refractivity contribution >= 4 is 11.9 Å². The van der Waals surface area contributed by atoms with E-state index in [1.807, 2.05) is 32.6 Å². The topological polar surface area (TPSA) is 65.9 Å². The molecule has 1 aliphatic rings. The van der Waals surface area contributed by atoms with Gasteiger partial charge in [0.2, 0.25) is 0 Å². The van der Waals surface area contributed by atoms with Gasteiger partial charge >= 0.3 is 6.09 Å². The first kappa shape index (κ1) is 15.4. The molecule has 1 fully saturated rings. The number of carbonyl (C=O) groups is 1. The van der Waals surface area contributed by atoms with Crippen molar-refractivity contribution < 1.29 is 14.6 Å². The summed E-state index contributed by atoms with van der Waals surface area (Å²) in [6.45, 7) is 9.29. The Morgan fingerprint density at radius 3 is 2.71 bits per heavy atom. The van der Waals surface area contributed by atoms with Gasteiger partial charge in [0.05, 0.1) is 0 Å². The summed E-state index contributed by atoms with van der Waals surface area (Å²) in [5, 5.41) is 9.90. The predicted octanol–water partition coefficient (Wildman–Crippen LogP) is 2.23. The lowest BCUT2D eigenvalue weighted by Gasteiger charge is -2.40. The van der Waals surface area contributed by atoms with Crippen LogP contribution in [0.1, 0.15) is 27.7 Å². The molecule has 0 aliphatic carbocycles. The molecule has 6 heteroatoms. The molecule has 6 nitrogen and oxygen atoms in total. The third-order valence-electron chi connectivity index (χ3n) is 3.32. The Bertz CT molecular complexity index is 513. The third-order valence-corrected chi connectivity index (χ3v) is 3.32. The lowest BCUT2D eigenvalue weighted by molar-refractivity contribution is 0.0218. The highest BCUT2D eigenvalue weighted by molar-refractivity contribution is 5.69. The van der Waals surface area contributed by atoms with Gasteiger partial charge in [-0.05, 0) is 39.8 Å². The number of anilines is 1. The van der Waals surface area contributed by atoms with Crippen molar-refractivity contribution in [3.05, 3.63) is 18.3 Å². The summed E-state index contributed by atoms with van der Waals surface area (Å²) in [4.78, 5) is 20.0. The number of pyridine rings is 1. The van der Waals surface area contributed by atoms with Crippen LogP contribution in [0.15, 0.2) is 18.3 Å². The van der Waals surface area contributed by atoms with E-state index in [-0.39, 0.29) is 17.9 Å². The van der Waals surface area contributed by atoms with Crippen molar-refractivity contribution in [2.75, 3.05) is 24.5 Å². The Morgan fingerprint density at radius 1 is 1.43 bits per heavy atom. The second-order valence-electron chi connectivity index (χ2n) is 6.31. The summed E-state index contributed by atoms with van der Waals surface area (Å²) in [5.41, 5.74) is -0.489. The molecule has 2 heterocycles. The van der Waals surface area contributed by atoms with Crippen LogP contribution in [-0.2, 0) is 4.74 Å². The maximum absolute atomic E-state index is 12.1. The summed E-state index contributed by atoms with van der Waals surface area (Å²) in [5.74, 6) is 0.726. The number of nitrogens with zero attached hydrogens (tertiary/aromatic N) is 3. The zero-order chi connectivity index (χ0) is 15.6. The Morgan fingerprint density at radius 2 is 2.14 bits per heavy atom. The first-order valence-corrected chi connectivity index (χ1v) is 7.16. The van der Waals surface area contributed by atoms with Gasteiger partial charge in [-0.1, -0.05) is 0 Å². The molecule has 1 N–H and O–H groups in total. The van der Waals surface area contributed by atoms with Crippen molar-refractivity contribution in [2.45, 2.75) is 39.3 Å². The van der Waals surface area contributed by atoms with E-state index in [1.54, 1.807) is 23.2 Å². The van der Waals surface area contributed by atoms with Crippen molar-refractivity contribution in [3.63, 3.8) is 0 Å². The fourth-order valence-corrected chi connectivity index (χ4v) is 2.37. The second-order valence-corrected chi connectivity index (χ2v) is 6.31. The Kier molecular flexibility index (Phi) is 4.25. The van der Waals surface area contributed by atoms with Crippen molar-refractivity contribution in [2.24, 2.45) is 0 Å². The monoisotopic (exact) mass is 293 g/mol. The molecule has 0 radical (unpaired) electrons. The maximum Gasteiger partial charge on any atom is 0.410 e. The summed E-state index contributed by atoms with van der Waals surface area (Å²) >= 11 is 0. The highest BCUT2D eigenvalue weighted by Gasteiger charge is 2.31. The van der Waals surface area contributed by atoms with Crippen LogP contribution in [0.3, 0.4) is 0 Å². The number of rotatable bonds is 1. The fourth-order valence-electron chi connectivity index (χ4n) is 2.37. The smallest absolute Gasteiger partial charge is 0.410 e. The minimum Gasteiger partial charge on any atom is -0.504 e. The van der Waals surface area contributed by atoms with Crippen molar-refractivity contribution in [1.29, 1.82) is 0 Å². The summed E-state index contributed by atoms with van der Waals surface area (Å²) in [7, 11) is 0. The molecule has 0 spiro atoms. The molecule has 1 saturated heterocycles. The van der Waals surface area contributed by atoms with Crippen LogP contribution >= 0.6 is 0 Å². The normalized spacial score (nSPS) is 19.5. The molecule has 0 saturated carbocycles. The van der Waals surface area contributed by atoms with Crippen LogP contribution in [0.5, 0.6) is 5.75 Å². The van der Waals surface area contributed by atoms with Gasteiger partial charge in [-0.15, -0.1) is 0 Å². The Hall–Kier alpha value is -1.98. The standard InChI is InChI=1S/C15H23N3O3/c1-11-10-17(14(20)21-15(2,3)4)8-9-18(11)13-12(19)6-5-7-16-13/h5-7,11,19H,8-10H2,1-4H3. The number of aromatic nitrogens is 1. The van der Waals surface area contributed by atoms with E-state index in [1.165, 1.54) is 0 Å². The number of amides is 1. The average molecular weight is 293 g/mol. The van der Waals surface area contributed by atoms with Crippen LogP contribution < -0.4 is 4.90 Å². The predicted molar refractivity (Wildman–Crippen MR) is 80.5 cm³/mol. The van der Waals surface area contributed by atoms with Crippen LogP contribution in [0.2, 0.25) is 0 Å². The third kappa shape index (κ3) is 3.77. The van der Waals surface area contributed by atoms with Crippen LogP contribution in [0.25, 0.3) is 0 Å². The van der Waals surface area contributed by atoms with Gasteiger partial charge in [-0.2, -0.15) is 0 Å². The molecule has 1 amide bonds. The molecule has 0 bridgehead atoms. The number of piperazine rings is 1. The van der Waals surface area contributed by atoms with Crippen molar-refractivity contribution in [3.8, 4) is 5.75 Å². The van der Waals surface area contributed by atoms with E-state index < -0.39 is 5.60 Å². The van der Waals surface area contributed by atoms with Gasteiger partial charge in [0.15, 0.2) is 11.6 Å². The molecular formula is C15H23N3O3. The Labute approximate surface area is 125 Å². The maximum atomic E-state index is 12.1. The quantitative estimate of drug-likeness (QED) is 0.860. The zero-order valence-corrected chi connectivity index (χ0v) is 13.0. The van der Waals surface area contributed by atoms with E-state index in [0.29, 0.717) is 25.5 Å². The summed E-state index contributed by atoms with van der Waals surface area (Å²) in [6.07, 6.45) is 1.36. The zero-order valence-electron chi connectivity index (χ0n) is 13.0. The average Bonchev–Trinajstić information content (AvgIpc) is 2.38. The highest BCUT2D eigenvalue weighted by Crippen LogP contribution is 2.27. The lowest BCUT2D eigenvalue weighted by atomic mass is 10.2. The second kappa shape index (κ2) is 5.79. The molecule has 21 heavy (non-hydrogen) atoms. The Balaban J connectivity index is 2.03. The first-order valence-electron chi connectivity index (χ1n) is 7.16. The van der Waals surface area contributed by atoms with E-state index >= 15 is 0 Å². The molecular weight excluding hydrogens is 270 g/mol. The first-order chi connectivity index (χ1) is 9.78. The molecule has 1 atom stereocenters. The minimum atomic E-state index is -0.489. The molecule has 0 aromatic carbocycles. The van der Waals surface area contributed by atoms with E-state index in [2.05, 4.69) is 4.98 Å². The van der Waals surface area contributed by atoms with E-state index in [9.17, 15) is 9.90 Å². The fraction of sp³-hybridized carbons (Fsp3) is 0.600. The minimum absolute atomic E-state index is 0.0621. The van der Waals surface area contributed by atoms with E-state index in [0.717, 1.165) is 0 Å². The van der Waals surface area contributed by atoms with Crippen molar-refractivity contribution in [1.82, 2.24) is 9.88 Å². The molecule has 116 valence electrons. The molecule has 1 aliphatic heterocycles. The van der Waals surface area contributed by atoms with Gasteiger partial charge in [0, 0.05) is 31.9 Å². The van der Waals surface area contributed by atoms with Gasteiger partial charge < -0.3 is 19.6 Å².